The van der Waals surface area contributed by atoms with Crippen molar-refractivity contribution in [3.8, 4) is 0 Å². The summed E-state index contributed by atoms with van der Waals surface area (Å²) in [7, 11) is 0. The normalized spacial score (nSPS) is 27.3. The van der Waals surface area contributed by atoms with Gasteiger partial charge in [0.1, 0.15) is 0 Å². The van der Waals surface area contributed by atoms with E-state index >= 15 is 0 Å². The van der Waals surface area contributed by atoms with Crippen molar-refractivity contribution < 1.29 is 22.4 Å². The molecule has 16 heavy (non-hydrogen) atoms. The van der Waals surface area contributed by atoms with Gasteiger partial charge in [-0.1, -0.05) is 43.2 Å². The Morgan fingerprint density at radius 2 is 1.94 bits per heavy atom. The molecule has 1 aromatic carbocycles. The van der Waals surface area contributed by atoms with Crippen molar-refractivity contribution in [1.82, 2.24) is 0 Å². The zero-order valence-electron chi connectivity index (χ0n) is 9.52. The molecule has 0 saturated heterocycles. The Labute approximate surface area is 114 Å². The topological polar surface area (TPSA) is 0 Å². The molecular formula is C15H16Au+. The summed E-state index contributed by atoms with van der Waals surface area (Å²) in [5, 5.41) is 0. The minimum atomic E-state index is 0. The summed E-state index contributed by atoms with van der Waals surface area (Å²) >= 11 is 0. The second-order valence-corrected chi connectivity index (χ2v) is 4.96. The van der Waals surface area contributed by atoms with Gasteiger partial charge >= 0.3 is 22.4 Å². The SMILES string of the molecule is CC12CC[C-]=C(c3ccccc3)[C+]1CC2.[Au+]. The molecule has 0 spiro atoms. The van der Waals surface area contributed by atoms with Crippen LogP contribution in [0.5, 0.6) is 0 Å². The third kappa shape index (κ3) is 1.79. The second-order valence-electron chi connectivity index (χ2n) is 4.96. The molecule has 2 aliphatic carbocycles. The molecule has 0 amide bonds. The van der Waals surface area contributed by atoms with Gasteiger partial charge in [-0.15, -0.1) is 0 Å². The minimum Gasteiger partial charge on any atom is -0.0622 e. The molecule has 0 bridgehead atoms. The fourth-order valence-corrected chi connectivity index (χ4v) is 2.83. The van der Waals surface area contributed by atoms with E-state index in [-0.39, 0.29) is 22.4 Å². The standard InChI is InChI=1S/C15H16.Au/c1-15-10-5-8-13(14(15)9-11-15)12-6-3-2-4-7-12;/h2-4,6-7H,5,9-11H2,1H3;/q;+1. The molecule has 0 nitrogen and oxygen atoms in total. The van der Waals surface area contributed by atoms with Crippen molar-refractivity contribution in [2.45, 2.75) is 32.6 Å². The molecule has 0 aliphatic heterocycles. The van der Waals surface area contributed by atoms with E-state index in [1.807, 2.05) is 0 Å². The van der Waals surface area contributed by atoms with Gasteiger partial charge in [0, 0.05) is 0 Å². The first-order chi connectivity index (χ1) is 7.30. The Kier molecular flexibility index (Phi) is 3.34. The summed E-state index contributed by atoms with van der Waals surface area (Å²) in [4.78, 5) is 0. The van der Waals surface area contributed by atoms with Crippen molar-refractivity contribution in [3.63, 3.8) is 0 Å². The van der Waals surface area contributed by atoms with Gasteiger partial charge in [0.25, 0.3) is 0 Å². The van der Waals surface area contributed by atoms with Crippen molar-refractivity contribution >= 4 is 5.57 Å². The summed E-state index contributed by atoms with van der Waals surface area (Å²) in [6.45, 7) is 2.41. The maximum Gasteiger partial charge on any atom is 1.00 e. The first-order valence-corrected chi connectivity index (χ1v) is 5.82. The predicted molar refractivity (Wildman–Crippen MR) is 62.9 cm³/mol. The van der Waals surface area contributed by atoms with Gasteiger partial charge in [0.2, 0.25) is 0 Å². The van der Waals surface area contributed by atoms with Crippen molar-refractivity contribution in [1.29, 1.82) is 0 Å². The number of hydrogen-bond acceptors (Lipinski definition) is 0. The second kappa shape index (κ2) is 4.44. The van der Waals surface area contributed by atoms with E-state index in [0.29, 0.717) is 5.41 Å². The Morgan fingerprint density at radius 1 is 1.19 bits per heavy atom. The third-order valence-electron chi connectivity index (χ3n) is 4.00. The van der Waals surface area contributed by atoms with Crippen LogP contribution in [0.4, 0.5) is 0 Å². The van der Waals surface area contributed by atoms with E-state index in [2.05, 4.69) is 43.3 Å². The van der Waals surface area contributed by atoms with Crippen LogP contribution >= 0.6 is 0 Å². The number of allylic oxidation sites excluding steroid dienone is 2. The summed E-state index contributed by atoms with van der Waals surface area (Å²) in [5.74, 6) is 1.65. The van der Waals surface area contributed by atoms with Crippen LogP contribution in [0, 0.1) is 17.4 Å². The van der Waals surface area contributed by atoms with Gasteiger partial charge in [-0.2, -0.15) is 0 Å². The van der Waals surface area contributed by atoms with E-state index in [0.717, 1.165) is 6.42 Å². The Hall–Kier alpha value is -0.430. The molecule has 86 valence electrons. The summed E-state index contributed by atoms with van der Waals surface area (Å²) in [5.41, 5.74) is 3.28. The Bertz CT molecular complexity index is 393. The molecule has 0 aromatic heterocycles. The molecule has 0 heterocycles. The molecule has 0 N–H and O–H groups in total. The number of fused-ring (bicyclic) bond motifs is 1. The monoisotopic (exact) mass is 393 g/mol. The van der Waals surface area contributed by atoms with Crippen LogP contribution < -0.4 is 0 Å². The molecule has 1 atom stereocenters. The number of rotatable bonds is 1. The average Bonchev–Trinajstić information content (AvgIpc) is 2.26. The van der Waals surface area contributed by atoms with Crippen LogP contribution in [-0.2, 0) is 22.4 Å². The van der Waals surface area contributed by atoms with Crippen LogP contribution in [0.15, 0.2) is 30.3 Å². The number of hydrogen-bond donors (Lipinski definition) is 0. The van der Waals surface area contributed by atoms with Crippen LogP contribution in [0.1, 0.15) is 38.2 Å². The molecule has 0 radical (unpaired) electrons. The molecule has 1 fully saturated rings. The molecule has 1 saturated carbocycles. The third-order valence-corrected chi connectivity index (χ3v) is 4.00. The van der Waals surface area contributed by atoms with E-state index in [9.17, 15) is 0 Å². The molecule has 2 aliphatic rings. The molecular weight excluding hydrogens is 377 g/mol. The van der Waals surface area contributed by atoms with Crippen LogP contribution in [-0.4, -0.2) is 0 Å². The van der Waals surface area contributed by atoms with Gasteiger partial charge in [0.05, 0.1) is 0 Å². The molecule has 1 unspecified atom stereocenters. The Balaban J connectivity index is 0.000000963. The smallest absolute Gasteiger partial charge is 0.0622 e. The average molecular weight is 393 g/mol. The zero-order valence-corrected chi connectivity index (χ0v) is 11.7. The van der Waals surface area contributed by atoms with E-state index in [1.165, 1.54) is 30.4 Å². The van der Waals surface area contributed by atoms with Crippen molar-refractivity contribution in [3.05, 3.63) is 47.9 Å². The molecule has 1 aromatic rings. The van der Waals surface area contributed by atoms with Crippen LogP contribution in [0.2, 0.25) is 0 Å². The first-order valence-electron chi connectivity index (χ1n) is 5.82. The van der Waals surface area contributed by atoms with E-state index in [4.69, 9.17) is 0 Å². The van der Waals surface area contributed by atoms with Gasteiger partial charge < -0.3 is 0 Å². The quantitative estimate of drug-likeness (QED) is 0.499. The van der Waals surface area contributed by atoms with E-state index < -0.39 is 0 Å². The summed E-state index contributed by atoms with van der Waals surface area (Å²) in [6, 6.07) is 10.7. The van der Waals surface area contributed by atoms with Crippen LogP contribution in [0.25, 0.3) is 5.57 Å². The Morgan fingerprint density at radius 3 is 2.56 bits per heavy atom. The maximum absolute atomic E-state index is 3.57. The minimum absolute atomic E-state index is 0. The first kappa shape index (κ1) is 12.0. The molecule has 1 heteroatoms. The maximum atomic E-state index is 3.57. The summed E-state index contributed by atoms with van der Waals surface area (Å²) < 4.78 is 0. The van der Waals surface area contributed by atoms with E-state index in [1.54, 1.807) is 5.92 Å². The fraction of sp³-hybridized carbons (Fsp3) is 0.400. The largest absolute Gasteiger partial charge is 1.00 e. The van der Waals surface area contributed by atoms with Crippen LogP contribution in [0.3, 0.4) is 0 Å². The van der Waals surface area contributed by atoms with Gasteiger partial charge in [-0.3, -0.25) is 0 Å². The van der Waals surface area contributed by atoms with Gasteiger partial charge in [-0.25, -0.2) is 0 Å². The van der Waals surface area contributed by atoms with Gasteiger partial charge in [-0.05, 0) is 48.3 Å². The number of benzene rings is 1. The fourth-order valence-electron chi connectivity index (χ4n) is 2.83. The van der Waals surface area contributed by atoms with Crippen molar-refractivity contribution in [2.75, 3.05) is 0 Å². The molecule has 3 rings (SSSR count). The van der Waals surface area contributed by atoms with Crippen molar-refractivity contribution in [2.24, 2.45) is 5.41 Å². The predicted octanol–water partition coefficient (Wildman–Crippen LogP) is 4.04. The van der Waals surface area contributed by atoms with Gasteiger partial charge in [0.15, 0.2) is 0 Å². The summed E-state index contributed by atoms with van der Waals surface area (Å²) in [6.07, 6.45) is 8.67. The zero-order chi connectivity index (χ0) is 10.3.